The maximum Gasteiger partial charge on any atom is 0.317 e. The van der Waals surface area contributed by atoms with E-state index in [1.807, 2.05) is 42.2 Å². The van der Waals surface area contributed by atoms with E-state index in [0.717, 1.165) is 12.0 Å². The summed E-state index contributed by atoms with van der Waals surface area (Å²) >= 11 is 0. The van der Waals surface area contributed by atoms with Crippen molar-refractivity contribution in [3.8, 4) is 11.4 Å². The summed E-state index contributed by atoms with van der Waals surface area (Å²) in [6.45, 7) is 6.19. The maximum atomic E-state index is 12.1. The van der Waals surface area contributed by atoms with Crippen LogP contribution < -0.4 is 5.32 Å². The lowest BCUT2D eigenvalue weighted by molar-refractivity contribution is 0.207. The average molecular weight is 314 g/mol. The Bertz CT molecular complexity index is 656. The molecule has 23 heavy (non-hydrogen) atoms. The number of rotatable bonds is 4. The number of nitrogens with one attached hydrogen (secondary N) is 1. The minimum Gasteiger partial charge on any atom is -0.339 e. The van der Waals surface area contributed by atoms with Crippen molar-refractivity contribution in [1.82, 2.24) is 20.4 Å². The van der Waals surface area contributed by atoms with Gasteiger partial charge in [0.1, 0.15) is 0 Å². The molecule has 2 heterocycles. The quantitative estimate of drug-likeness (QED) is 0.942. The lowest BCUT2D eigenvalue weighted by atomic mass is 9.98. The van der Waals surface area contributed by atoms with E-state index >= 15 is 0 Å². The van der Waals surface area contributed by atoms with Gasteiger partial charge in [0, 0.05) is 25.2 Å². The highest BCUT2D eigenvalue weighted by Crippen LogP contribution is 2.32. The van der Waals surface area contributed by atoms with Gasteiger partial charge in [-0.2, -0.15) is 4.98 Å². The van der Waals surface area contributed by atoms with Gasteiger partial charge >= 0.3 is 6.03 Å². The van der Waals surface area contributed by atoms with Crippen molar-refractivity contribution in [3.63, 3.8) is 0 Å². The van der Waals surface area contributed by atoms with E-state index in [0.29, 0.717) is 37.3 Å². The number of benzene rings is 1. The van der Waals surface area contributed by atoms with Gasteiger partial charge in [0.05, 0.1) is 5.92 Å². The zero-order valence-corrected chi connectivity index (χ0v) is 13.5. The standard InChI is InChI=1S/C17H22N4O2/c1-3-9-18-17(22)21-10-12(2)14(11-21)16-19-15(20-23-16)13-7-5-4-6-8-13/h4-8,12,14H,3,9-11H2,1-2H3,(H,18,22)/t12-,14-/m0/s1. The molecule has 1 N–H and O–H groups in total. The first kappa shape index (κ1) is 15.5. The zero-order chi connectivity index (χ0) is 16.2. The second-order valence-electron chi connectivity index (χ2n) is 6.04. The first-order valence-electron chi connectivity index (χ1n) is 8.10. The third kappa shape index (κ3) is 3.36. The van der Waals surface area contributed by atoms with Crippen molar-refractivity contribution < 1.29 is 9.32 Å². The molecule has 6 nitrogen and oxygen atoms in total. The molecule has 1 saturated heterocycles. The summed E-state index contributed by atoms with van der Waals surface area (Å²) in [4.78, 5) is 18.5. The summed E-state index contributed by atoms with van der Waals surface area (Å²) in [5.41, 5.74) is 0.936. The van der Waals surface area contributed by atoms with Crippen LogP contribution in [0.5, 0.6) is 0 Å². The topological polar surface area (TPSA) is 71.3 Å². The fourth-order valence-electron chi connectivity index (χ4n) is 2.89. The van der Waals surface area contributed by atoms with Crippen LogP contribution >= 0.6 is 0 Å². The van der Waals surface area contributed by atoms with Crippen LogP contribution in [0.1, 0.15) is 32.1 Å². The third-order valence-electron chi connectivity index (χ3n) is 4.22. The average Bonchev–Trinajstić information content (AvgIpc) is 3.20. The van der Waals surface area contributed by atoms with Crippen LogP contribution in [-0.2, 0) is 0 Å². The first-order chi connectivity index (χ1) is 11.2. The van der Waals surface area contributed by atoms with Crippen LogP contribution in [0, 0.1) is 5.92 Å². The van der Waals surface area contributed by atoms with Crippen molar-refractivity contribution in [2.75, 3.05) is 19.6 Å². The van der Waals surface area contributed by atoms with E-state index in [9.17, 15) is 4.79 Å². The van der Waals surface area contributed by atoms with Crippen LogP contribution in [-0.4, -0.2) is 40.7 Å². The molecule has 3 rings (SSSR count). The predicted octanol–water partition coefficient (Wildman–Crippen LogP) is 2.89. The Morgan fingerprint density at radius 1 is 1.35 bits per heavy atom. The Morgan fingerprint density at radius 2 is 2.13 bits per heavy atom. The Kier molecular flexibility index (Phi) is 4.60. The normalized spacial score (nSPS) is 20.7. The molecule has 6 heteroatoms. The molecule has 2 amide bonds. The number of likely N-dealkylation sites (tertiary alicyclic amines) is 1. The highest BCUT2D eigenvalue weighted by atomic mass is 16.5. The molecule has 1 aliphatic heterocycles. The molecule has 1 aliphatic rings. The summed E-state index contributed by atoms with van der Waals surface area (Å²) < 4.78 is 5.46. The van der Waals surface area contributed by atoms with Crippen LogP contribution in [0.25, 0.3) is 11.4 Å². The van der Waals surface area contributed by atoms with Crippen LogP contribution in [0.4, 0.5) is 4.79 Å². The highest BCUT2D eigenvalue weighted by Gasteiger charge is 2.36. The minimum absolute atomic E-state index is 0.0102. The molecule has 1 aromatic heterocycles. The second kappa shape index (κ2) is 6.81. The molecule has 2 aromatic rings. The van der Waals surface area contributed by atoms with E-state index in [1.54, 1.807) is 0 Å². The number of aromatic nitrogens is 2. The van der Waals surface area contributed by atoms with Gasteiger partial charge in [-0.05, 0) is 12.3 Å². The van der Waals surface area contributed by atoms with Crippen molar-refractivity contribution in [1.29, 1.82) is 0 Å². The van der Waals surface area contributed by atoms with E-state index in [1.165, 1.54) is 0 Å². The zero-order valence-electron chi connectivity index (χ0n) is 13.5. The second-order valence-corrected chi connectivity index (χ2v) is 6.04. The Morgan fingerprint density at radius 3 is 2.87 bits per heavy atom. The largest absolute Gasteiger partial charge is 0.339 e. The molecule has 0 bridgehead atoms. The molecule has 2 atom stereocenters. The number of hydrogen-bond acceptors (Lipinski definition) is 4. The van der Waals surface area contributed by atoms with Gasteiger partial charge < -0.3 is 14.7 Å². The highest BCUT2D eigenvalue weighted by molar-refractivity contribution is 5.74. The van der Waals surface area contributed by atoms with Crippen molar-refractivity contribution >= 4 is 6.03 Å². The lowest BCUT2D eigenvalue weighted by Crippen LogP contribution is -2.38. The van der Waals surface area contributed by atoms with Gasteiger partial charge in [0.25, 0.3) is 0 Å². The molecule has 122 valence electrons. The summed E-state index contributed by atoms with van der Waals surface area (Å²) in [5.74, 6) is 1.60. The fraction of sp³-hybridized carbons (Fsp3) is 0.471. The van der Waals surface area contributed by atoms with Crippen molar-refractivity contribution in [2.45, 2.75) is 26.2 Å². The van der Waals surface area contributed by atoms with E-state index in [2.05, 4.69) is 22.4 Å². The molecule has 0 saturated carbocycles. The summed E-state index contributed by atoms with van der Waals surface area (Å²) in [6.07, 6.45) is 0.933. The molecule has 0 spiro atoms. The fourth-order valence-corrected chi connectivity index (χ4v) is 2.89. The van der Waals surface area contributed by atoms with Crippen LogP contribution in [0.15, 0.2) is 34.9 Å². The van der Waals surface area contributed by atoms with Gasteiger partial charge in [0.15, 0.2) is 0 Å². The van der Waals surface area contributed by atoms with Crippen LogP contribution in [0.2, 0.25) is 0 Å². The maximum absolute atomic E-state index is 12.1. The lowest BCUT2D eigenvalue weighted by Gasteiger charge is -2.16. The number of amides is 2. The van der Waals surface area contributed by atoms with Crippen molar-refractivity contribution in [2.24, 2.45) is 5.92 Å². The van der Waals surface area contributed by atoms with E-state index < -0.39 is 0 Å². The van der Waals surface area contributed by atoms with Gasteiger partial charge in [-0.25, -0.2) is 4.79 Å². The molecule has 0 radical (unpaired) electrons. The number of hydrogen-bond donors (Lipinski definition) is 1. The Balaban J connectivity index is 1.70. The van der Waals surface area contributed by atoms with Gasteiger partial charge in [-0.15, -0.1) is 0 Å². The number of urea groups is 1. The minimum atomic E-state index is -0.0102. The van der Waals surface area contributed by atoms with E-state index in [4.69, 9.17) is 4.52 Å². The molecular formula is C17H22N4O2. The molecule has 0 aliphatic carbocycles. The van der Waals surface area contributed by atoms with Crippen LogP contribution in [0.3, 0.4) is 0 Å². The number of carbonyl (C=O) groups excluding carboxylic acids is 1. The monoisotopic (exact) mass is 314 g/mol. The van der Waals surface area contributed by atoms with Gasteiger partial charge in [0.2, 0.25) is 11.7 Å². The predicted molar refractivity (Wildman–Crippen MR) is 86.9 cm³/mol. The Labute approximate surface area is 135 Å². The SMILES string of the molecule is CCCNC(=O)N1C[C@H](c2nc(-c3ccccc3)no2)[C@@H](C)C1. The smallest absolute Gasteiger partial charge is 0.317 e. The van der Waals surface area contributed by atoms with Gasteiger partial charge in [-0.1, -0.05) is 49.3 Å². The molecule has 0 unspecified atom stereocenters. The molecule has 1 aromatic carbocycles. The molecule has 1 fully saturated rings. The summed E-state index contributed by atoms with van der Waals surface area (Å²) in [7, 11) is 0. The molecular weight excluding hydrogens is 292 g/mol. The van der Waals surface area contributed by atoms with E-state index in [-0.39, 0.29) is 11.9 Å². The third-order valence-corrected chi connectivity index (χ3v) is 4.22. The van der Waals surface area contributed by atoms with Crippen molar-refractivity contribution in [3.05, 3.63) is 36.2 Å². The first-order valence-corrected chi connectivity index (χ1v) is 8.10. The Hall–Kier alpha value is -2.37. The summed E-state index contributed by atoms with van der Waals surface area (Å²) in [6, 6.07) is 9.75. The summed E-state index contributed by atoms with van der Waals surface area (Å²) in [5, 5.41) is 7.00. The number of carbonyl (C=O) groups is 1. The van der Waals surface area contributed by atoms with Gasteiger partial charge in [-0.3, -0.25) is 0 Å². The number of nitrogens with zero attached hydrogens (tertiary/aromatic N) is 3.